The lowest BCUT2D eigenvalue weighted by Gasteiger charge is -2.16. The van der Waals surface area contributed by atoms with Gasteiger partial charge >= 0.3 is 0 Å². The van der Waals surface area contributed by atoms with Gasteiger partial charge in [0.25, 0.3) is 0 Å². The van der Waals surface area contributed by atoms with Crippen LogP contribution in [-0.2, 0) is 6.42 Å². The Bertz CT molecular complexity index is 583. The van der Waals surface area contributed by atoms with Crippen molar-refractivity contribution in [3.05, 3.63) is 54.1 Å². The summed E-state index contributed by atoms with van der Waals surface area (Å²) in [5.74, 6) is 0. The number of hydrogen-bond donors (Lipinski definition) is 1. The minimum Gasteiger partial charge on any atom is -0.312 e. The first-order chi connectivity index (χ1) is 9.01. The topological polar surface area (TPSA) is 12.0 Å². The van der Waals surface area contributed by atoms with Crippen molar-refractivity contribution in [2.24, 2.45) is 0 Å². The van der Waals surface area contributed by atoms with Crippen LogP contribution in [0.5, 0.6) is 0 Å². The zero-order chi connectivity index (χ0) is 14.0. The van der Waals surface area contributed by atoms with Crippen LogP contribution in [0.25, 0.3) is 0 Å². The highest BCUT2D eigenvalue weighted by Crippen LogP contribution is 2.34. The molecule has 1 nitrogen and oxygen atoms in total. The molecular weight excluding hydrogens is 365 g/mol. The third-order valence-corrected chi connectivity index (χ3v) is 5.75. The second kappa shape index (κ2) is 6.59. The van der Waals surface area contributed by atoms with Crippen LogP contribution in [-0.4, -0.2) is 7.05 Å². The van der Waals surface area contributed by atoms with E-state index in [1.807, 2.05) is 25.2 Å². The Morgan fingerprint density at radius 3 is 2.53 bits per heavy atom. The third kappa shape index (κ3) is 3.73. The van der Waals surface area contributed by atoms with Gasteiger partial charge in [0.1, 0.15) is 0 Å². The van der Waals surface area contributed by atoms with Crippen molar-refractivity contribution >= 4 is 50.5 Å². The number of hydrogen-bond acceptors (Lipinski definition) is 2. The highest BCUT2D eigenvalue weighted by atomic mass is 79.9. The predicted molar refractivity (Wildman–Crippen MR) is 88.7 cm³/mol. The molecule has 1 aromatic carbocycles. The highest BCUT2D eigenvalue weighted by Gasteiger charge is 2.16. The van der Waals surface area contributed by atoms with E-state index in [-0.39, 0.29) is 6.04 Å². The summed E-state index contributed by atoms with van der Waals surface area (Å²) in [6.45, 7) is 2.12. The van der Waals surface area contributed by atoms with E-state index in [0.29, 0.717) is 10.0 Å². The smallest absolute Gasteiger partial charge is 0.0595 e. The van der Waals surface area contributed by atoms with Crippen LogP contribution < -0.4 is 5.32 Å². The molecule has 0 aliphatic heterocycles. The number of nitrogens with one attached hydrogen (secondary N) is 1. The fourth-order valence-corrected chi connectivity index (χ4v) is 4.33. The van der Waals surface area contributed by atoms with Gasteiger partial charge in [0.15, 0.2) is 0 Å². The summed E-state index contributed by atoms with van der Waals surface area (Å²) in [6, 6.07) is 8.22. The molecule has 5 heteroatoms. The molecule has 0 spiro atoms. The molecule has 0 radical (unpaired) electrons. The molecule has 0 aliphatic rings. The summed E-state index contributed by atoms with van der Waals surface area (Å²) < 4.78 is 1.16. The molecule has 0 fully saturated rings. The first-order valence-corrected chi connectivity index (χ1v) is 8.25. The average Bonchev–Trinajstić information content (AvgIpc) is 2.70. The first-order valence-electron chi connectivity index (χ1n) is 5.88. The number of rotatable bonds is 4. The molecular formula is C14H14BrCl2NS. The van der Waals surface area contributed by atoms with Crippen LogP contribution in [0.1, 0.15) is 21.4 Å². The van der Waals surface area contributed by atoms with Crippen molar-refractivity contribution in [2.75, 3.05) is 7.05 Å². The molecule has 1 N–H and O–H groups in total. The second-order valence-electron chi connectivity index (χ2n) is 4.36. The minimum absolute atomic E-state index is 0.269. The number of thiophene rings is 1. The lowest BCUT2D eigenvalue weighted by atomic mass is 10.0. The number of halogens is 3. The van der Waals surface area contributed by atoms with Crippen LogP contribution in [0.2, 0.25) is 10.0 Å². The van der Waals surface area contributed by atoms with Gasteiger partial charge in [-0.1, -0.05) is 29.3 Å². The highest BCUT2D eigenvalue weighted by molar-refractivity contribution is 9.10. The van der Waals surface area contributed by atoms with Gasteiger partial charge in [-0.15, -0.1) is 11.3 Å². The van der Waals surface area contributed by atoms with Gasteiger partial charge in [-0.05, 0) is 60.1 Å². The van der Waals surface area contributed by atoms with Crippen LogP contribution in [0.3, 0.4) is 0 Å². The Morgan fingerprint density at radius 1 is 1.26 bits per heavy atom. The summed E-state index contributed by atoms with van der Waals surface area (Å²) in [6.07, 6.45) is 0.881. The van der Waals surface area contributed by atoms with Crippen molar-refractivity contribution < 1.29 is 0 Å². The molecule has 0 aliphatic carbocycles. The SMILES string of the molecule is CNC(Cc1ccc(Cl)c(Cl)c1)c1sc(C)cc1Br. The molecule has 102 valence electrons. The number of likely N-dealkylation sites (N-methyl/N-ethyl adjacent to an activating group) is 1. The first kappa shape index (κ1) is 15.3. The summed E-state index contributed by atoms with van der Waals surface area (Å²) >= 11 is 17.4. The molecule has 1 atom stereocenters. The maximum atomic E-state index is 6.06. The van der Waals surface area contributed by atoms with E-state index in [9.17, 15) is 0 Å². The van der Waals surface area contributed by atoms with Crippen LogP contribution in [0.15, 0.2) is 28.7 Å². The van der Waals surface area contributed by atoms with E-state index in [1.165, 1.54) is 15.3 Å². The van der Waals surface area contributed by atoms with Gasteiger partial charge in [0.2, 0.25) is 0 Å². The lowest BCUT2D eigenvalue weighted by molar-refractivity contribution is 0.600. The van der Waals surface area contributed by atoms with Crippen molar-refractivity contribution in [3.8, 4) is 0 Å². The van der Waals surface area contributed by atoms with E-state index < -0.39 is 0 Å². The Labute approximate surface area is 136 Å². The van der Waals surface area contributed by atoms with Gasteiger partial charge in [0, 0.05) is 20.3 Å². The van der Waals surface area contributed by atoms with Gasteiger partial charge in [-0.25, -0.2) is 0 Å². The fraction of sp³-hybridized carbons (Fsp3) is 0.286. The van der Waals surface area contributed by atoms with Crippen molar-refractivity contribution in [2.45, 2.75) is 19.4 Å². The molecule has 1 unspecified atom stereocenters. The molecule has 2 rings (SSSR count). The quantitative estimate of drug-likeness (QED) is 0.726. The number of benzene rings is 1. The molecule has 1 aromatic heterocycles. The Hall–Kier alpha value is -0.0600. The average molecular weight is 379 g/mol. The van der Waals surface area contributed by atoms with Gasteiger partial charge in [-0.3, -0.25) is 0 Å². The third-order valence-electron chi connectivity index (χ3n) is 2.93. The van der Waals surface area contributed by atoms with Crippen LogP contribution in [0.4, 0.5) is 0 Å². The van der Waals surface area contributed by atoms with Gasteiger partial charge < -0.3 is 5.32 Å². The zero-order valence-corrected chi connectivity index (χ0v) is 14.6. The molecule has 19 heavy (non-hydrogen) atoms. The molecule has 2 aromatic rings. The molecule has 1 heterocycles. The number of aryl methyl sites for hydroxylation is 1. The van der Waals surface area contributed by atoms with E-state index in [2.05, 4.69) is 34.2 Å². The second-order valence-corrected chi connectivity index (χ2v) is 7.32. The molecule has 0 bridgehead atoms. The molecule has 0 saturated heterocycles. The van der Waals surface area contributed by atoms with E-state index in [4.69, 9.17) is 23.2 Å². The Balaban J connectivity index is 2.23. The minimum atomic E-state index is 0.269. The van der Waals surface area contributed by atoms with Crippen molar-refractivity contribution in [3.63, 3.8) is 0 Å². The summed E-state index contributed by atoms with van der Waals surface area (Å²) in [5.41, 5.74) is 1.17. The van der Waals surface area contributed by atoms with Crippen molar-refractivity contribution in [1.29, 1.82) is 0 Å². The van der Waals surface area contributed by atoms with Gasteiger partial charge in [-0.2, -0.15) is 0 Å². The van der Waals surface area contributed by atoms with Crippen molar-refractivity contribution in [1.82, 2.24) is 5.32 Å². The Morgan fingerprint density at radius 2 is 2.00 bits per heavy atom. The zero-order valence-electron chi connectivity index (χ0n) is 10.6. The van der Waals surface area contributed by atoms with Crippen LogP contribution in [0, 0.1) is 6.92 Å². The normalized spacial score (nSPS) is 12.7. The molecule has 0 amide bonds. The summed E-state index contributed by atoms with van der Waals surface area (Å²) in [7, 11) is 1.98. The predicted octanol–water partition coefficient (Wildman–Crippen LogP) is 5.63. The van der Waals surface area contributed by atoms with Gasteiger partial charge in [0.05, 0.1) is 10.0 Å². The Kier molecular flexibility index (Phi) is 5.32. The summed E-state index contributed by atoms with van der Waals surface area (Å²) in [5, 5.41) is 4.56. The standard InChI is InChI=1S/C14H14BrCl2NS/c1-8-5-10(15)14(19-8)13(18-2)7-9-3-4-11(16)12(17)6-9/h3-6,13,18H,7H2,1-2H3. The maximum absolute atomic E-state index is 6.06. The van der Waals surface area contributed by atoms with E-state index in [0.717, 1.165) is 10.9 Å². The molecule has 0 saturated carbocycles. The fourth-order valence-electron chi connectivity index (χ4n) is 1.97. The van der Waals surface area contributed by atoms with E-state index in [1.54, 1.807) is 11.3 Å². The lowest BCUT2D eigenvalue weighted by Crippen LogP contribution is -2.18. The maximum Gasteiger partial charge on any atom is 0.0595 e. The summed E-state index contributed by atoms with van der Waals surface area (Å²) in [4.78, 5) is 2.61. The monoisotopic (exact) mass is 377 g/mol. The largest absolute Gasteiger partial charge is 0.312 e. The van der Waals surface area contributed by atoms with Crippen LogP contribution >= 0.6 is 50.5 Å². The van der Waals surface area contributed by atoms with E-state index >= 15 is 0 Å².